The number of hydrogen-bond donors (Lipinski definition) is 2. The molecule has 0 radical (unpaired) electrons. The number of rotatable bonds is 8. The van der Waals surface area contributed by atoms with Crippen LogP contribution in [0.1, 0.15) is 86.0 Å². The maximum absolute atomic E-state index is 12.8. The molecule has 1 aromatic rings. The molecule has 6 aliphatic rings. The lowest BCUT2D eigenvalue weighted by molar-refractivity contribution is -0.140. The van der Waals surface area contributed by atoms with Crippen molar-refractivity contribution >= 4 is 11.8 Å². The van der Waals surface area contributed by atoms with Gasteiger partial charge < -0.3 is 15.7 Å². The number of hydrogen-bond acceptors (Lipinski definition) is 4. The van der Waals surface area contributed by atoms with Crippen LogP contribution < -0.4 is 5.73 Å². The van der Waals surface area contributed by atoms with E-state index in [9.17, 15) is 14.7 Å². The molecule has 6 heteroatoms. The number of amides is 2. The van der Waals surface area contributed by atoms with Gasteiger partial charge >= 0.3 is 0 Å². The lowest BCUT2D eigenvalue weighted by atomic mass is 9.49. The summed E-state index contributed by atoms with van der Waals surface area (Å²) in [5, 5.41) is 9.76. The highest BCUT2D eigenvalue weighted by Gasteiger charge is 2.51. The maximum Gasteiger partial charge on any atom is 0.248 e. The number of aliphatic hydroxyl groups excluding tert-OH is 1. The van der Waals surface area contributed by atoms with Gasteiger partial charge in [0.05, 0.1) is 0 Å². The molecule has 190 valence electrons. The summed E-state index contributed by atoms with van der Waals surface area (Å²) in [6.45, 7) is 2.11. The minimum absolute atomic E-state index is 0.0914. The fraction of sp³-hybridized carbons (Fsp3) is 0.724. The zero-order chi connectivity index (χ0) is 24.2. The largest absolute Gasteiger partial charge is 0.387 e. The lowest BCUT2D eigenvalue weighted by Crippen LogP contribution is -2.54. The van der Waals surface area contributed by atoms with Gasteiger partial charge in [-0.25, -0.2) is 0 Å². The molecule has 3 atom stereocenters. The number of carbonyl (C=O) groups is 2. The van der Waals surface area contributed by atoms with Crippen molar-refractivity contribution in [1.82, 2.24) is 9.80 Å². The highest BCUT2D eigenvalue weighted by molar-refractivity contribution is 5.92. The van der Waals surface area contributed by atoms with Crippen LogP contribution in [-0.2, 0) is 4.79 Å². The Labute approximate surface area is 209 Å². The highest BCUT2D eigenvalue weighted by Crippen LogP contribution is 2.60. The fourth-order valence-corrected chi connectivity index (χ4v) is 9.37. The Hall–Kier alpha value is -1.92. The SMILES string of the molecule is NC(=O)c1cccc([C@H]2C[C@H]3CC[C@@H](C2)N3CCN(CC23CC4CC(CC(C4)C2)C3)C(=O)CO)c1. The van der Waals surface area contributed by atoms with Crippen molar-refractivity contribution in [3.63, 3.8) is 0 Å². The van der Waals surface area contributed by atoms with E-state index in [4.69, 9.17) is 5.73 Å². The first-order valence-corrected chi connectivity index (χ1v) is 14.0. The van der Waals surface area contributed by atoms with Crippen LogP contribution in [0.3, 0.4) is 0 Å². The van der Waals surface area contributed by atoms with Gasteiger partial charge in [0.15, 0.2) is 0 Å². The Kier molecular flexibility index (Phi) is 6.16. The molecule has 1 aromatic carbocycles. The lowest BCUT2D eigenvalue weighted by Gasteiger charge is -2.58. The summed E-state index contributed by atoms with van der Waals surface area (Å²) in [6, 6.07) is 8.93. The van der Waals surface area contributed by atoms with Gasteiger partial charge in [-0.15, -0.1) is 0 Å². The van der Waals surface area contributed by atoms with Crippen LogP contribution in [-0.4, -0.2) is 65.0 Å². The predicted molar refractivity (Wildman–Crippen MR) is 135 cm³/mol. The number of fused-ring (bicyclic) bond motifs is 2. The van der Waals surface area contributed by atoms with Gasteiger partial charge in [-0.2, -0.15) is 0 Å². The number of nitrogens with zero attached hydrogens (tertiary/aromatic N) is 2. The van der Waals surface area contributed by atoms with Crippen molar-refractivity contribution in [3.05, 3.63) is 35.4 Å². The molecule has 7 rings (SSSR count). The van der Waals surface area contributed by atoms with E-state index in [1.54, 1.807) is 6.07 Å². The zero-order valence-electron chi connectivity index (χ0n) is 20.9. The molecule has 3 N–H and O–H groups in total. The Morgan fingerprint density at radius 1 is 1.00 bits per heavy atom. The van der Waals surface area contributed by atoms with Gasteiger partial charge in [-0.1, -0.05) is 12.1 Å². The molecule has 6 nitrogen and oxygen atoms in total. The second kappa shape index (κ2) is 9.19. The minimum atomic E-state index is -0.377. The molecule has 2 saturated heterocycles. The van der Waals surface area contributed by atoms with Gasteiger partial charge in [0.25, 0.3) is 0 Å². The van der Waals surface area contributed by atoms with Crippen molar-refractivity contribution in [2.75, 3.05) is 26.2 Å². The van der Waals surface area contributed by atoms with E-state index >= 15 is 0 Å². The van der Waals surface area contributed by atoms with Crippen molar-refractivity contribution in [3.8, 4) is 0 Å². The van der Waals surface area contributed by atoms with Crippen LogP contribution in [0, 0.1) is 23.2 Å². The number of nitrogens with two attached hydrogens (primary N) is 1. The second-order valence-corrected chi connectivity index (χ2v) is 12.7. The van der Waals surface area contributed by atoms with Crippen molar-refractivity contribution in [2.24, 2.45) is 28.9 Å². The van der Waals surface area contributed by atoms with Gasteiger partial charge in [0.2, 0.25) is 11.8 Å². The summed E-state index contributed by atoms with van der Waals surface area (Å²) in [6.07, 6.45) is 12.7. The van der Waals surface area contributed by atoms with E-state index in [0.717, 1.165) is 50.2 Å². The number of aliphatic hydroxyl groups is 1. The maximum atomic E-state index is 12.8. The highest BCUT2D eigenvalue weighted by atomic mass is 16.3. The Balaban J connectivity index is 1.10. The molecule has 4 aliphatic carbocycles. The quantitative estimate of drug-likeness (QED) is 0.597. The van der Waals surface area contributed by atoms with E-state index in [-0.39, 0.29) is 18.4 Å². The predicted octanol–water partition coefficient (Wildman–Crippen LogP) is 3.53. The van der Waals surface area contributed by atoms with Crippen molar-refractivity contribution in [2.45, 2.75) is 82.2 Å². The first-order valence-electron chi connectivity index (χ1n) is 14.0. The van der Waals surface area contributed by atoms with E-state index in [0.29, 0.717) is 29.0 Å². The third-order valence-corrected chi connectivity index (χ3v) is 10.3. The molecular formula is C29H41N3O3. The van der Waals surface area contributed by atoms with Crippen LogP contribution in [0.25, 0.3) is 0 Å². The van der Waals surface area contributed by atoms with Crippen LogP contribution in [0.4, 0.5) is 0 Å². The Bertz CT molecular complexity index is 928. The first kappa shape index (κ1) is 23.5. The molecular weight excluding hydrogens is 438 g/mol. The summed E-state index contributed by atoms with van der Waals surface area (Å²) < 4.78 is 0. The third-order valence-electron chi connectivity index (χ3n) is 10.3. The summed E-state index contributed by atoms with van der Waals surface area (Å²) in [5.74, 6) is 2.62. The van der Waals surface area contributed by atoms with E-state index < -0.39 is 0 Å². The average Bonchev–Trinajstić information content (AvgIpc) is 3.06. The van der Waals surface area contributed by atoms with Crippen molar-refractivity contribution < 1.29 is 14.7 Å². The fourth-order valence-electron chi connectivity index (χ4n) is 9.37. The van der Waals surface area contributed by atoms with Gasteiger partial charge in [-0.3, -0.25) is 14.5 Å². The normalized spacial score (nSPS) is 37.5. The number of carbonyl (C=O) groups excluding carboxylic acids is 2. The van der Waals surface area contributed by atoms with E-state index in [1.807, 2.05) is 17.0 Å². The smallest absolute Gasteiger partial charge is 0.248 e. The zero-order valence-corrected chi connectivity index (χ0v) is 20.9. The van der Waals surface area contributed by atoms with Crippen LogP contribution in [0.15, 0.2) is 24.3 Å². The second-order valence-electron chi connectivity index (χ2n) is 12.7. The standard InChI is InChI=1S/C29H41N3O3/c30-28(35)23-3-1-2-22(11-23)24-12-25-4-5-26(13-24)32(25)7-6-31(27(34)17-33)18-29-14-19-8-20(15-29)10-21(9-19)16-29/h1-3,11,19-21,24-26,33H,4-10,12-18H2,(H2,30,35)/t19?,20?,21?,24-,25+,26-,29?. The summed E-state index contributed by atoms with van der Waals surface area (Å²) in [4.78, 5) is 29.1. The van der Waals surface area contributed by atoms with Crippen LogP contribution >= 0.6 is 0 Å². The summed E-state index contributed by atoms with van der Waals surface area (Å²) in [7, 11) is 0. The van der Waals surface area contributed by atoms with Gasteiger partial charge in [0, 0.05) is 37.3 Å². The molecule has 0 spiro atoms. The molecule has 0 unspecified atom stereocenters. The van der Waals surface area contributed by atoms with Gasteiger partial charge in [0.1, 0.15) is 6.61 Å². The molecule has 2 aliphatic heterocycles. The summed E-state index contributed by atoms with van der Waals surface area (Å²) in [5.41, 5.74) is 7.65. The number of benzene rings is 1. The van der Waals surface area contributed by atoms with Crippen LogP contribution in [0.5, 0.6) is 0 Å². The molecule has 0 aromatic heterocycles. The molecule has 2 heterocycles. The van der Waals surface area contributed by atoms with E-state index in [2.05, 4.69) is 11.0 Å². The molecule has 6 bridgehead atoms. The van der Waals surface area contributed by atoms with Crippen molar-refractivity contribution in [1.29, 1.82) is 0 Å². The Morgan fingerprint density at radius 3 is 2.20 bits per heavy atom. The van der Waals surface area contributed by atoms with Crippen LogP contribution in [0.2, 0.25) is 0 Å². The summed E-state index contributed by atoms with van der Waals surface area (Å²) >= 11 is 0. The van der Waals surface area contributed by atoms with E-state index in [1.165, 1.54) is 56.9 Å². The Morgan fingerprint density at radius 2 is 1.63 bits per heavy atom. The topological polar surface area (TPSA) is 86.9 Å². The monoisotopic (exact) mass is 479 g/mol. The molecule has 2 amide bonds. The molecule has 35 heavy (non-hydrogen) atoms. The number of piperidine rings is 1. The minimum Gasteiger partial charge on any atom is -0.387 e. The average molecular weight is 480 g/mol. The first-order chi connectivity index (χ1) is 16.9. The number of primary amides is 1. The molecule has 6 fully saturated rings. The molecule has 4 saturated carbocycles. The third kappa shape index (κ3) is 4.53. The van der Waals surface area contributed by atoms with Gasteiger partial charge in [-0.05, 0) is 111 Å².